The Morgan fingerprint density at radius 2 is 1.39 bits per heavy atom. The molecule has 13 nitrogen and oxygen atoms in total. The number of urea groups is 1. The van der Waals surface area contributed by atoms with Crippen LogP contribution in [-0.2, 0) is 9.53 Å². The van der Waals surface area contributed by atoms with E-state index in [2.05, 4.69) is 25.6 Å². The summed E-state index contributed by atoms with van der Waals surface area (Å²) in [6.07, 6.45) is 20.1. The molecule has 0 unspecified atom stereocenters. The molecule has 0 bridgehead atoms. The second kappa shape index (κ2) is 27.5. The smallest absolute Gasteiger partial charge is 0.315 e. The number of carbonyl (C=O) groups excluding carboxylic acids is 2. The highest BCUT2D eigenvalue weighted by Crippen LogP contribution is 2.37. The molecule has 7 rings (SSSR count). The van der Waals surface area contributed by atoms with Crippen LogP contribution in [0.25, 0.3) is 12.2 Å². The van der Waals surface area contributed by atoms with Gasteiger partial charge in [-0.25, -0.2) is 24.5 Å². The summed E-state index contributed by atoms with van der Waals surface area (Å²) >= 11 is 15.4. The van der Waals surface area contributed by atoms with Crippen molar-refractivity contribution in [1.29, 1.82) is 0 Å². The lowest BCUT2D eigenvalue weighted by Gasteiger charge is -2.09. The van der Waals surface area contributed by atoms with Crippen LogP contribution in [0.1, 0.15) is 76.0 Å². The van der Waals surface area contributed by atoms with Gasteiger partial charge >= 0.3 is 6.03 Å². The largest absolute Gasteiger partial charge is 0.493 e. The summed E-state index contributed by atoms with van der Waals surface area (Å²) in [5, 5.41) is 7.56. The number of isocyanates is 1. The lowest BCUT2D eigenvalue weighted by atomic mass is 10.3. The number of rotatable bonds is 17. The molecule has 3 aliphatic rings. The highest BCUT2D eigenvalue weighted by Gasteiger charge is 2.23. The van der Waals surface area contributed by atoms with Gasteiger partial charge in [-0.1, -0.05) is 58.0 Å². The predicted molar refractivity (Wildman–Crippen MR) is 246 cm³/mol. The maximum atomic E-state index is 11.5. The Morgan fingerprint density at radius 1 is 0.885 bits per heavy atom. The summed E-state index contributed by atoms with van der Waals surface area (Å²) in [5.74, 6) is 4.03. The van der Waals surface area contributed by atoms with E-state index >= 15 is 0 Å². The fourth-order valence-corrected chi connectivity index (χ4v) is 6.61. The average Bonchev–Trinajstić information content (AvgIpc) is 4.05. The van der Waals surface area contributed by atoms with E-state index in [0.29, 0.717) is 56.9 Å². The molecule has 2 saturated carbocycles. The zero-order chi connectivity index (χ0) is 43.8. The zero-order valence-corrected chi connectivity index (χ0v) is 38.2. The molecule has 3 heterocycles. The highest BCUT2D eigenvalue weighted by molar-refractivity contribution is 7.14. The number of nitrogens with one attached hydrogen (secondary N) is 2. The van der Waals surface area contributed by atoms with Crippen molar-refractivity contribution < 1.29 is 33.3 Å². The van der Waals surface area contributed by atoms with Crippen LogP contribution in [0.15, 0.2) is 65.9 Å². The highest BCUT2D eigenvalue weighted by atomic mass is 35.5. The Bertz CT molecular complexity index is 2020. The van der Waals surface area contributed by atoms with Gasteiger partial charge < -0.3 is 40.1 Å². The number of hydrogen-bond acceptors (Lipinski definition) is 13. The predicted octanol–water partition coefficient (Wildman–Crippen LogP) is 11.0. The van der Waals surface area contributed by atoms with E-state index in [1.165, 1.54) is 67.3 Å². The minimum Gasteiger partial charge on any atom is -0.493 e. The van der Waals surface area contributed by atoms with Crippen molar-refractivity contribution in [3.05, 3.63) is 80.7 Å². The first-order valence-corrected chi connectivity index (χ1v) is 22.8. The van der Waals surface area contributed by atoms with Gasteiger partial charge in [-0.05, 0) is 114 Å². The molecule has 2 aliphatic carbocycles. The van der Waals surface area contributed by atoms with Crippen LogP contribution in [0.5, 0.6) is 33.4 Å². The van der Waals surface area contributed by atoms with E-state index < -0.39 is 0 Å². The van der Waals surface area contributed by atoms with Crippen LogP contribution in [-0.4, -0.2) is 73.7 Å². The molecular formula is C44H56Cl2N6O7S2. The fraction of sp³-hybridized carbons (Fsp3) is 0.455. The molecular weight excluding hydrogens is 860 g/mol. The second-order valence-corrected chi connectivity index (χ2v) is 17.1. The molecule has 1 saturated heterocycles. The van der Waals surface area contributed by atoms with E-state index in [4.69, 9.17) is 57.4 Å². The molecule has 2 aromatic heterocycles. The van der Waals surface area contributed by atoms with Crippen LogP contribution >= 0.6 is 45.9 Å². The quantitative estimate of drug-likeness (QED) is 0.0685. The van der Waals surface area contributed by atoms with Gasteiger partial charge in [0.15, 0.2) is 0 Å². The molecule has 3 fully saturated rings. The van der Waals surface area contributed by atoms with Crippen molar-refractivity contribution in [2.75, 3.05) is 39.5 Å². The topological polar surface area (TPSA) is 169 Å². The standard InChI is InChI=1S/C20H24ClN3O3S.C17H19ClN2O2S.C4H8O.C3H5NO/c1-3-22-19(25)24-13(2)4-8-16-11-23-20(28-16)27-18-9-7-15(10-17(18)21)26-12-14-5-6-14;1-11(19)2-6-14-9-20-17(23-14)22-16-7-5-13(8-15(16)18)21-10-12-3-4-12;1-2-4-5-3-1;1-2-4-3-5/h4,7-11,13-14H,3,5-6,12H2,1-2H3,(H2,22,24,25);2,5-9,11-12H,3-4,10,19H2,1H3;1-4H2;2H2,1H3/b8-4+;6-2+;;/t13-;11-;;/m00../s1. The minimum absolute atomic E-state index is 0.0131. The number of halogens is 2. The lowest BCUT2D eigenvalue weighted by Crippen LogP contribution is -2.39. The van der Waals surface area contributed by atoms with E-state index in [9.17, 15) is 4.79 Å². The van der Waals surface area contributed by atoms with Gasteiger partial charge in [0.25, 0.3) is 10.4 Å². The Hall–Kier alpha value is -4.47. The number of ether oxygens (including phenoxy) is 5. The summed E-state index contributed by atoms with van der Waals surface area (Å²) in [6, 6.07) is 10.6. The number of amides is 2. The normalized spacial score (nSPS) is 15.1. The molecule has 2 amide bonds. The number of thiazole rings is 2. The summed E-state index contributed by atoms with van der Waals surface area (Å²) in [6.45, 7) is 12.1. The minimum atomic E-state index is -0.188. The van der Waals surface area contributed by atoms with Crippen molar-refractivity contribution in [3.63, 3.8) is 0 Å². The molecule has 1 aliphatic heterocycles. The van der Waals surface area contributed by atoms with E-state index in [1.54, 1.807) is 37.5 Å². The first kappa shape index (κ1) is 49.2. The molecule has 4 N–H and O–H groups in total. The van der Waals surface area contributed by atoms with Crippen LogP contribution in [0.4, 0.5) is 4.79 Å². The van der Waals surface area contributed by atoms with Crippen LogP contribution in [0.3, 0.4) is 0 Å². The van der Waals surface area contributed by atoms with Crippen LogP contribution in [0, 0.1) is 11.8 Å². The molecule has 330 valence electrons. The third-order valence-electron chi connectivity index (χ3n) is 8.43. The second-order valence-electron chi connectivity index (χ2n) is 14.2. The van der Waals surface area contributed by atoms with Crippen molar-refractivity contribution in [3.8, 4) is 33.4 Å². The van der Waals surface area contributed by atoms with Crippen LogP contribution in [0.2, 0.25) is 10.0 Å². The lowest BCUT2D eigenvalue weighted by molar-refractivity contribution is 0.198. The summed E-state index contributed by atoms with van der Waals surface area (Å²) in [7, 11) is 0. The maximum Gasteiger partial charge on any atom is 0.315 e. The van der Waals surface area contributed by atoms with E-state index in [1.807, 2.05) is 63.3 Å². The van der Waals surface area contributed by atoms with Crippen molar-refractivity contribution in [2.45, 2.75) is 78.3 Å². The maximum absolute atomic E-state index is 11.5. The molecule has 0 spiro atoms. The van der Waals surface area contributed by atoms with Gasteiger partial charge in [-0.2, -0.15) is 0 Å². The van der Waals surface area contributed by atoms with Gasteiger partial charge in [0.05, 0.1) is 33.0 Å². The van der Waals surface area contributed by atoms with Crippen LogP contribution < -0.4 is 35.3 Å². The van der Waals surface area contributed by atoms with Gasteiger partial charge in [0.1, 0.15) is 23.0 Å². The summed E-state index contributed by atoms with van der Waals surface area (Å²) in [5.41, 5.74) is 5.69. The van der Waals surface area contributed by atoms with Crippen molar-refractivity contribution >= 4 is 70.1 Å². The fourth-order valence-electron chi connectivity index (χ4n) is 4.81. The Balaban J connectivity index is 0.000000221. The summed E-state index contributed by atoms with van der Waals surface area (Å²) in [4.78, 5) is 34.2. The average molecular weight is 916 g/mol. The summed E-state index contributed by atoms with van der Waals surface area (Å²) < 4.78 is 27.9. The number of nitrogens with zero attached hydrogens (tertiary/aromatic N) is 3. The van der Waals surface area contributed by atoms with E-state index in [0.717, 1.165) is 47.7 Å². The molecule has 2 atom stereocenters. The number of aromatic nitrogens is 2. The van der Waals surface area contributed by atoms with Crippen molar-refractivity contribution in [1.82, 2.24) is 20.6 Å². The first-order valence-electron chi connectivity index (χ1n) is 20.4. The molecule has 61 heavy (non-hydrogen) atoms. The van der Waals surface area contributed by atoms with E-state index in [-0.39, 0.29) is 18.1 Å². The Kier molecular flexibility index (Phi) is 22.2. The molecule has 4 aromatic rings. The third kappa shape index (κ3) is 20.8. The number of benzene rings is 2. The molecule has 2 aromatic carbocycles. The molecule has 0 radical (unpaired) electrons. The monoisotopic (exact) mass is 914 g/mol. The Morgan fingerprint density at radius 3 is 1.77 bits per heavy atom. The Labute approximate surface area is 376 Å². The molecule has 17 heteroatoms. The van der Waals surface area contributed by atoms with Crippen molar-refractivity contribution in [2.24, 2.45) is 22.6 Å². The SMILES string of the molecule is C1CCOC1.CCN=C=O.CCNC(=O)N[C@@H](C)/C=C/c1cnc(Oc2ccc(OCC3CC3)cc2Cl)s1.C[C@H](N)/C=C/c1cnc(Oc2ccc(OCC3CC3)cc2Cl)s1. The number of carbonyl (C=O) groups is 1. The van der Waals surface area contributed by atoms with Gasteiger partial charge in [0, 0.05) is 62.9 Å². The van der Waals surface area contributed by atoms with Gasteiger partial charge in [0.2, 0.25) is 6.08 Å². The zero-order valence-electron chi connectivity index (χ0n) is 35.1. The van der Waals surface area contributed by atoms with Gasteiger partial charge in [-0.15, -0.1) is 0 Å². The third-order valence-corrected chi connectivity index (χ3v) is 10.7. The number of nitrogens with two attached hydrogens (primary N) is 1. The number of hydrogen-bond donors (Lipinski definition) is 3. The first-order chi connectivity index (χ1) is 29.5. The van der Waals surface area contributed by atoms with Gasteiger partial charge in [-0.3, -0.25) is 0 Å². The number of aliphatic imine (C=N–C) groups is 1.